The molecule has 1 aliphatic heterocycles. The zero-order valence-corrected chi connectivity index (χ0v) is 12.2. The van der Waals surface area contributed by atoms with Gasteiger partial charge in [0, 0.05) is 19.3 Å². The lowest BCUT2D eigenvalue weighted by Gasteiger charge is -2.30. The average Bonchev–Trinajstić information content (AvgIpc) is 2.54. The fourth-order valence-electron chi connectivity index (χ4n) is 2.49. The normalized spacial score (nSPS) is 15.0. The number of hydrogen-bond donors (Lipinski definition) is 1. The third-order valence-electron chi connectivity index (χ3n) is 3.55. The number of nitrogens with zero attached hydrogens (tertiary/aromatic N) is 3. The highest BCUT2D eigenvalue weighted by molar-refractivity contribution is 5.70. The Kier molecular flexibility index (Phi) is 4.31. The van der Waals surface area contributed by atoms with E-state index >= 15 is 0 Å². The number of benzene rings is 1. The van der Waals surface area contributed by atoms with Gasteiger partial charge in [0.15, 0.2) is 0 Å². The Labute approximate surface area is 125 Å². The molecule has 1 aromatic heterocycles. The van der Waals surface area contributed by atoms with E-state index in [-0.39, 0.29) is 0 Å². The van der Waals surface area contributed by atoms with Crippen LogP contribution in [0.2, 0.25) is 0 Å². The molecule has 1 N–H and O–H groups in total. The highest BCUT2D eigenvalue weighted by Gasteiger charge is 2.14. The topological polar surface area (TPSA) is 50.3 Å². The summed E-state index contributed by atoms with van der Waals surface area (Å²) >= 11 is 0. The molecule has 5 heteroatoms. The van der Waals surface area contributed by atoms with E-state index in [0.29, 0.717) is 6.54 Å². The molecule has 3 rings (SSSR count). The predicted octanol–water partition coefficient (Wildman–Crippen LogP) is 2.23. The van der Waals surface area contributed by atoms with E-state index in [4.69, 9.17) is 4.74 Å². The van der Waals surface area contributed by atoms with Crippen LogP contribution in [-0.4, -0.2) is 36.3 Å². The second kappa shape index (κ2) is 6.54. The van der Waals surface area contributed by atoms with Crippen molar-refractivity contribution < 1.29 is 4.74 Å². The molecule has 5 nitrogen and oxygen atoms in total. The molecular formula is C16H20N4O. The number of aryl methyl sites for hydroxylation is 1. The number of morpholine rings is 1. The molecule has 2 aromatic rings. The summed E-state index contributed by atoms with van der Waals surface area (Å²) in [5.41, 5.74) is 3.36. The molecule has 0 radical (unpaired) electrons. The third-order valence-corrected chi connectivity index (χ3v) is 3.55. The standard InChI is InChI=1S/C16H20N4O/c1-13-17-7-6-14(19-13)12-18-15-4-2-3-5-16(15)20-8-10-21-11-9-20/h2-7,18H,8-12H2,1H3. The Morgan fingerprint density at radius 3 is 2.81 bits per heavy atom. The van der Waals surface area contributed by atoms with Crippen LogP contribution in [0.3, 0.4) is 0 Å². The molecular weight excluding hydrogens is 264 g/mol. The van der Waals surface area contributed by atoms with Crippen LogP contribution < -0.4 is 10.2 Å². The van der Waals surface area contributed by atoms with Crippen molar-refractivity contribution >= 4 is 11.4 Å². The monoisotopic (exact) mass is 284 g/mol. The van der Waals surface area contributed by atoms with E-state index in [1.165, 1.54) is 5.69 Å². The fraction of sp³-hybridized carbons (Fsp3) is 0.375. The van der Waals surface area contributed by atoms with Crippen LogP contribution >= 0.6 is 0 Å². The number of aromatic nitrogens is 2. The Bertz CT molecular complexity index is 596. The van der Waals surface area contributed by atoms with E-state index in [0.717, 1.165) is 43.5 Å². The summed E-state index contributed by atoms with van der Waals surface area (Å²) in [6, 6.07) is 10.3. The molecule has 0 saturated carbocycles. The van der Waals surface area contributed by atoms with Crippen molar-refractivity contribution in [1.29, 1.82) is 0 Å². The lowest BCUT2D eigenvalue weighted by Crippen LogP contribution is -2.36. The van der Waals surface area contributed by atoms with E-state index in [9.17, 15) is 0 Å². The number of para-hydroxylation sites is 2. The van der Waals surface area contributed by atoms with E-state index in [1.54, 1.807) is 6.20 Å². The first-order valence-electron chi connectivity index (χ1n) is 7.27. The summed E-state index contributed by atoms with van der Waals surface area (Å²) in [5, 5.41) is 3.48. The Morgan fingerprint density at radius 1 is 1.19 bits per heavy atom. The maximum Gasteiger partial charge on any atom is 0.125 e. The molecule has 0 spiro atoms. The van der Waals surface area contributed by atoms with Gasteiger partial charge in [0.1, 0.15) is 5.82 Å². The number of rotatable bonds is 4. The maximum absolute atomic E-state index is 5.42. The molecule has 0 bridgehead atoms. The lowest BCUT2D eigenvalue weighted by atomic mass is 10.2. The van der Waals surface area contributed by atoms with Gasteiger partial charge in [0.05, 0.1) is 36.8 Å². The van der Waals surface area contributed by atoms with Gasteiger partial charge in [-0.3, -0.25) is 0 Å². The quantitative estimate of drug-likeness (QED) is 0.933. The van der Waals surface area contributed by atoms with Crippen molar-refractivity contribution in [2.75, 3.05) is 36.5 Å². The van der Waals surface area contributed by atoms with Crippen molar-refractivity contribution in [2.24, 2.45) is 0 Å². The van der Waals surface area contributed by atoms with Gasteiger partial charge in [-0.05, 0) is 25.1 Å². The summed E-state index contributed by atoms with van der Waals surface area (Å²) in [6.45, 7) is 6.06. The largest absolute Gasteiger partial charge is 0.378 e. The van der Waals surface area contributed by atoms with E-state index in [2.05, 4.69) is 44.5 Å². The Balaban J connectivity index is 1.73. The molecule has 0 atom stereocenters. The van der Waals surface area contributed by atoms with Crippen molar-refractivity contribution in [1.82, 2.24) is 9.97 Å². The smallest absolute Gasteiger partial charge is 0.125 e. The molecule has 21 heavy (non-hydrogen) atoms. The van der Waals surface area contributed by atoms with E-state index < -0.39 is 0 Å². The second-order valence-electron chi connectivity index (χ2n) is 5.07. The van der Waals surface area contributed by atoms with Crippen LogP contribution in [0.1, 0.15) is 11.5 Å². The van der Waals surface area contributed by atoms with Gasteiger partial charge in [0.25, 0.3) is 0 Å². The predicted molar refractivity (Wildman–Crippen MR) is 83.6 cm³/mol. The minimum absolute atomic E-state index is 0.699. The first kappa shape index (κ1) is 13.8. The molecule has 1 aromatic carbocycles. The van der Waals surface area contributed by atoms with Gasteiger partial charge < -0.3 is 15.0 Å². The van der Waals surface area contributed by atoms with Gasteiger partial charge in [-0.2, -0.15) is 0 Å². The molecule has 1 fully saturated rings. The van der Waals surface area contributed by atoms with Crippen molar-refractivity contribution in [3.63, 3.8) is 0 Å². The van der Waals surface area contributed by atoms with Gasteiger partial charge in [-0.1, -0.05) is 12.1 Å². The average molecular weight is 284 g/mol. The summed E-state index contributed by atoms with van der Waals surface area (Å²) in [5.74, 6) is 0.802. The summed E-state index contributed by atoms with van der Waals surface area (Å²) in [4.78, 5) is 10.9. The van der Waals surface area contributed by atoms with Gasteiger partial charge in [0.2, 0.25) is 0 Å². The Morgan fingerprint density at radius 2 is 2.00 bits per heavy atom. The van der Waals surface area contributed by atoms with Crippen LogP contribution in [0.15, 0.2) is 36.5 Å². The highest BCUT2D eigenvalue weighted by atomic mass is 16.5. The number of ether oxygens (including phenoxy) is 1. The second-order valence-corrected chi connectivity index (χ2v) is 5.07. The van der Waals surface area contributed by atoms with Crippen LogP contribution in [0, 0.1) is 6.92 Å². The molecule has 110 valence electrons. The molecule has 1 aliphatic rings. The number of hydrogen-bond acceptors (Lipinski definition) is 5. The van der Waals surface area contributed by atoms with Crippen LogP contribution in [0.4, 0.5) is 11.4 Å². The summed E-state index contributed by atoms with van der Waals surface area (Å²) in [6.07, 6.45) is 1.80. The lowest BCUT2D eigenvalue weighted by molar-refractivity contribution is 0.123. The molecule has 1 saturated heterocycles. The maximum atomic E-state index is 5.42. The van der Waals surface area contributed by atoms with Crippen molar-refractivity contribution in [3.8, 4) is 0 Å². The van der Waals surface area contributed by atoms with Crippen LogP contribution in [-0.2, 0) is 11.3 Å². The minimum atomic E-state index is 0.699. The fourth-order valence-corrected chi connectivity index (χ4v) is 2.49. The molecule has 2 heterocycles. The number of nitrogens with one attached hydrogen (secondary N) is 1. The first-order chi connectivity index (χ1) is 10.3. The molecule has 0 aliphatic carbocycles. The summed E-state index contributed by atoms with van der Waals surface area (Å²) in [7, 11) is 0. The van der Waals surface area contributed by atoms with Crippen LogP contribution in [0.5, 0.6) is 0 Å². The van der Waals surface area contributed by atoms with Crippen LogP contribution in [0.25, 0.3) is 0 Å². The number of anilines is 2. The van der Waals surface area contributed by atoms with Crippen molar-refractivity contribution in [3.05, 3.63) is 48.0 Å². The van der Waals surface area contributed by atoms with Gasteiger partial charge in [-0.25, -0.2) is 9.97 Å². The highest BCUT2D eigenvalue weighted by Crippen LogP contribution is 2.26. The molecule has 0 unspecified atom stereocenters. The zero-order chi connectivity index (χ0) is 14.5. The van der Waals surface area contributed by atoms with Crippen molar-refractivity contribution in [2.45, 2.75) is 13.5 Å². The van der Waals surface area contributed by atoms with E-state index in [1.807, 2.05) is 13.0 Å². The van der Waals surface area contributed by atoms with Gasteiger partial charge in [-0.15, -0.1) is 0 Å². The third kappa shape index (κ3) is 3.49. The first-order valence-corrected chi connectivity index (χ1v) is 7.27. The molecule has 0 amide bonds. The van der Waals surface area contributed by atoms with Gasteiger partial charge >= 0.3 is 0 Å². The SMILES string of the molecule is Cc1nccc(CNc2ccccc2N2CCOCC2)n1. The summed E-state index contributed by atoms with van der Waals surface area (Å²) < 4.78 is 5.42. The zero-order valence-electron chi connectivity index (χ0n) is 12.2. The Hall–Kier alpha value is -2.14. The minimum Gasteiger partial charge on any atom is -0.378 e.